The van der Waals surface area contributed by atoms with Gasteiger partial charge in [-0.3, -0.25) is 14.9 Å². The molecule has 1 aromatic rings. The van der Waals surface area contributed by atoms with Crippen molar-refractivity contribution in [3.63, 3.8) is 0 Å². The number of carboxylic acid groups (broad SMARTS) is 1. The monoisotopic (exact) mass is 263 g/mol. The smallest absolute Gasteiger partial charge is 0.311 e. The van der Waals surface area contributed by atoms with Crippen molar-refractivity contribution in [3.05, 3.63) is 39.4 Å². The normalized spacial score (nSPS) is 15.5. The molecule has 0 atom stereocenters. The van der Waals surface area contributed by atoms with Crippen LogP contribution < -0.4 is 4.74 Å². The Hall–Kier alpha value is -2.37. The minimum absolute atomic E-state index is 0.187. The summed E-state index contributed by atoms with van der Waals surface area (Å²) >= 11 is 0. The van der Waals surface area contributed by atoms with Gasteiger partial charge in [0.05, 0.1) is 11.3 Å². The highest BCUT2D eigenvalue weighted by Gasteiger charge is 2.29. The third-order valence-corrected chi connectivity index (χ3v) is 2.74. The number of ether oxygens (including phenoxy) is 1. The van der Waals surface area contributed by atoms with Gasteiger partial charge in [0.15, 0.2) is 0 Å². The summed E-state index contributed by atoms with van der Waals surface area (Å²) in [5.74, 6) is -0.845. The fourth-order valence-electron chi connectivity index (χ4n) is 1.93. The van der Waals surface area contributed by atoms with Crippen LogP contribution in [0.15, 0.2) is 18.2 Å². The van der Waals surface area contributed by atoms with Crippen LogP contribution in [0.2, 0.25) is 0 Å². The van der Waals surface area contributed by atoms with Gasteiger partial charge in [0.25, 0.3) is 0 Å². The van der Waals surface area contributed by atoms with Gasteiger partial charge in [-0.15, -0.1) is 0 Å². The fraction of sp³-hybridized carbons (Fsp3) is 0.308. The number of hydrogen-bond acceptors (Lipinski definition) is 4. The van der Waals surface area contributed by atoms with Gasteiger partial charge in [0.1, 0.15) is 5.60 Å². The van der Waals surface area contributed by atoms with E-state index in [1.165, 1.54) is 6.07 Å². The van der Waals surface area contributed by atoms with E-state index in [1.807, 2.05) is 0 Å². The van der Waals surface area contributed by atoms with Gasteiger partial charge in [0, 0.05) is 11.6 Å². The zero-order chi connectivity index (χ0) is 14.2. The minimum Gasteiger partial charge on any atom is -0.481 e. The summed E-state index contributed by atoms with van der Waals surface area (Å²) in [6.45, 7) is 3.59. The maximum Gasteiger partial charge on any atom is 0.311 e. The number of fused-ring (bicyclic) bond motifs is 1. The molecule has 1 heterocycles. The Kier molecular flexibility index (Phi) is 3.01. The fourth-order valence-corrected chi connectivity index (χ4v) is 1.93. The highest BCUT2D eigenvalue weighted by atomic mass is 16.6. The summed E-state index contributed by atoms with van der Waals surface area (Å²) in [7, 11) is 0. The van der Waals surface area contributed by atoms with E-state index >= 15 is 0 Å². The first kappa shape index (κ1) is 13.1. The number of benzene rings is 1. The van der Waals surface area contributed by atoms with E-state index in [4.69, 9.17) is 9.84 Å². The Bertz CT molecular complexity index is 589. The Morgan fingerprint density at radius 3 is 2.74 bits per heavy atom. The Morgan fingerprint density at radius 2 is 2.16 bits per heavy atom. The third-order valence-electron chi connectivity index (χ3n) is 2.74. The van der Waals surface area contributed by atoms with Crippen LogP contribution in [0.4, 0.5) is 5.69 Å². The molecule has 0 saturated heterocycles. The summed E-state index contributed by atoms with van der Waals surface area (Å²) in [4.78, 5) is 21.2. The lowest BCUT2D eigenvalue weighted by Crippen LogP contribution is -2.28. The van der Waals surface area contributed by atoms with Crippen molar-refractivity contribution in [2.24, 2.45) is 0 Å². The molecular weight excluding hydrogens is 250 g/mol. The zero-order valence-corrected chi connectivity index (χ0v) is 10.5. The second kappa shape index (κ2) is 4.38. The number of rotatable bonds is 3. The molecule has 0 bridgehead atoms. The molecule has 1 aliphatic rings. The number of nitro groups is 1. The van der Waals surface area contributed by atoms with E-state index in [1.54, 1.807) is 32.1 Å². The van der Waals surface area contributed by atoms with Crippen molar-refractivity contribution in [1.82, 2.24) is 0 Å². The number of hydrogen-bond donors (Lipinski definition) is 1. The molecule has 100 valence electrons. The van der Waals surface area contributed by atoms with E-state index in [-0.39, 0.29) is 17.9 Å². The number of aliphatic carboxylic acids is 1. The standard InChI is InChI=1S/C13H13NO5/c1-13(2)4-3-9-5-8(7-11(15)16)6-10(14(17)18)12(9)19-13/h3-6H,7H2,1-2H3,(H,15,16). The predicted octanol–water partition coefficient (Wildman–Crippen LogP) is 2.41. The van der Waals surface area contributed by atoms with Gasteiger partial charge in [0.2, 0.25) is 5.75 Å². The first-order valence-corrected chi connectivity index (χ1v) is 5.70. The van der Waals surface area contributed by atoms with Crippen LogP contribution in [0.1, 0.15) is 25.0 Å². The maximum atomic E-state index is 11.1. The number of carboxylic acids is 1. The number of nitrogens with zero attached hydrogens (tertiary/aromatic N) is 1. The van der Waals surface area contributed by atoms with Crippen LogP contribution in [-0.2, 0) is 11.2 Å². The summed E-state index contributed by atoms with van der Waals surface area (Å²) < 4.78 is 5.60. The van der Waals surface area contributed by atoms with E-state index in [9.17, 15) is 14.9 Å². The number of carbonyl (C=O) groups is 1. The quantitative estimate of drug-likeness (QED) is 0.668. The second-order valence-electron chi connectivity index (χ2n) is 4.90. The maximum absolute atomic E-state index is 11.1. The third kappa shape index (κ3) is 2.73. The SMILES string of the molecule is CC1(C)C=Cc2cc(CC(=O)O)cc([N+](=O)[O-])c2O1. The van der Waals surface area contributed by atoms with Crippen molar-refractivity contribution in [1.29, 1.82) is 0 Å². The predicted molar refractivity (Wildman–Crippen MR) is 68.2 cm³/mol. The van der Waals surface area contributed by atoms with Crippen LogP contribution in [0.25, 0.3) is 6.08 Å². The first-order valence-electron chi connectivity index (χ1n) is 5.70. The largest absolute Gasteiger partial charge is 0.481 e. The molecule has 0 amide bonds. The van der Waals surface area contributed by atoms with Crippen molar-refractivity contribution < 1.29 is 19.6 Å². The minimum atomic E-state index is -1.03. The van der Waals surface area contributed by atoms with Gasteiger partial charge >= 0.3 is 11.7 Å². The van der Waals surface area contributed by atoms with E-state index in [0.29, 0.717) is 11.1 Å². The van der Waals surface area contributed by atoms with Crippen LogP contribution in [-0.4, -0.2) is 21.6 Å². The molecule has 0 aromatic heterocycles. The topological polar surface area (TPSA) is 89.7 Å². The Balaban J connectivity index is 2.56. The molecule has 0 fully saturated rings. The summed E-state index contributed by atoms with van der Waals surface area (Å²) in [6, 6.07) is 2.85. The molecule has 2 rings (SSSR count). The lowest BCUT2D eigenvalue weighted by atomic mass is 9.99. The lowest BCUT2D eigenvalue weighted by Gasteiger charge is -2.27. The molecule has 0 saturated carbocycles. The molecular formula is C13H13NO5. The molecule has 6 nitrogen and oxygen atoms in total. The van der Waals surface area contributed by atoms with Gasteiger partial charge < -0.3 is 9.84 Å². The highest BCUT2D eigenvalue weighted by Crippen LogP contribution is 2.39. The summed E-state index contributed by atoms with van der Waals surface area (Å²) in [5, 5.41) is 19.8. The van der Waals surface area contributed by atoms with Gasteiger partial charge in [-0.25, -0.2) is 0 Å². The van der Waals surface area contributed by atoms with E-state index in [0.717, 1.165) is 0 Å². The molecule has 6 heteroatoms. The van der Waals surface area contributed by atoms with Crippen LogP contribution in [0.5, 0.6) is 5.75 Å². The first-order chi connectivity index (χ1) is 8.78. The Labute approximate surface area is 109 Å². The van der Waals surface area contributed by atoms with Crippen molar-refractivity contribution in [2.75, 3.05) is 0 Å². The van der Waals surface area contributed by atoms with E-state index < -0.39 is 16.5 Å². The number of nitro benzene ring substituents is 1. The van der Waals surface area contributed by atoms with Crippen molar-refractivity contribution in [3.8, 4) is 5.75 Å². The molecule has 0 aliphatic carbocycles. The zero-order valence-electron chi connectivity index (χ0n) is 10.5. The molecule has 1 N–H and O–H groups in total. The molecule has 1 aliphatic heterocycles. The highest BCUT2D eigenvalue weighted by molar-refractivity contribution is 5.74. The summed E-state index contributed by atoms with van der Waals surface area (Å²) in [6.07, 6.45) is 3.24. The van der Waals surface area contributed by atoms with Crippen LogP contribution >= 0.6 is 0 Å². The Morgan fingerprint density at radius 1 is 1.47 bits per heavy atom. The van der Waals surface area contributed by atoms with Gasteiger partial charge in [-0.2, -0.15) is 0 Å². The lowest BCUT2D eigenvalue weighted by molar-refractivity contribution is -0.386. The average molecular weight is 263 g/mol. The summed E-state index contributed by atoms with van der Waals surface area (Å²) in [5.41, 5.74) is 0.0911. The van der Waals surface area contributed by atoms with E-state index in [2.05, 4.69) is 0 Å². The van der Waals surface area contributed by atoms with Crippen LogP contribution in [0, 0.1) is 10.1 Å². The molecule has 0 radical (unpaired) electrons. The average Bonchev–Trinajstić information content (AvgIpc) is 2.26. The molecule has 0 unspecified atom stereocenters. The van der Waals surface area contributed by atoms with Gasteiger partial charge in [-0.05, 0) is 31.6 Å². The molecule has 0 spiro atoms. The van der Waals surface area contributed by atoms with Crippen molar-refractivity contribution in [2.45, 2.75) is 25.9 Å². The second-order valence-corrected chi connectivity index (χ2v) is 4.90. The van der Waals surface area contributed by atoms with Gasteiger partial charge in [-0.1, -0.05) is 6.08 Å². The molecule has 19 heavy (non-hydrogen) atoms. The van der Waals surface area contributed by atoms with Crippen LogP contribution in [0.3, 0.4) is 0 Å². The molecule has 1 aromatic carbocycles. The van der Waals surface area contributed by atoms with Crippen molar-refractivity contribution >= 4 is 17.7 Å².